The fourth-order valence-electron chi connectivity index (χ4n) is 8.71. The third kappa shape index (κ3) is 2.45. The Balaban J connectivity index is 1.42. The molecule has 0 aromatic carbocycles. The molecule has 1 spiro atoms. The number of esters is 1. The van der Waals surface area contributed by atoms with Crippen LogP contribution in [0.5, 0.6) is 0 Å². The van der Waals surface area contributed by atoms with Gasteiger partial charge in [0.05, 0.1) is 12.0 Å². The van der Waals surface area contributed by atoms with Crippen molar-refractivity contribution in [3.63, 3.8) is 0 Å². The number of aliphatic hydroxyl groups excluding tert-OH is 1. The van der Waals surface area contributed by atoms with Gasteiger partial charge in [-0.15, -0.1) is 0 Å². The number of hydrogen-bond donors (Lipinski definition) is 1. The van der Waals surface area contributed by atoms with Gasteiger partial charge >= 0.3 is 11.6 Å². The van der Waals surface area contributed by atoms with Crippen molar-refractivity contribution in [2.75, 3.05) is 0 Å². The van der Waals surface area contributed by atoms with Gasteiger partial charge in [-0.3, -0.25) is 4.79 Å². The summed E-state index contributed by atoms with van der Waals surface area (Å²) in [6, 6.07) is 3.29. The van der Waals surface area contributed by atoms with E-state index in [0.29, 0.717) is 23.5 Å². The lowest BCUT2D eigenvalue weighted by Crippen LogP contribution is -2.57. The lowest BCUT2D eigenvalue weighted by molar-refractivity contribution is -0.154. The van der Waals surface area contributed by atoms with Crippen molar-refractivity contribution in [1.82, 2.24) is 0 Å². The summed E-state index contributed by atoms with van der Waals surface area (Å²) < 4.78 is 17.8. The predicted octanol–water partition coefficient (Wildman–Crippen LogP) is 4.49. The molecule has 9 atom stereocenters. The van der Waals surface area contributed by atoms with E-state index in [1.54, 1.807) is 6.26 Å². The maximum absolute atomic E-state index is 12.1. The Morgan fingerprint density at radius 1 is 1.16 bits per heavy atom. The number of allylic oxidation sites excluding steroid dienone is 2. The normalized spacial score (nSPS) is 48.5. The summed E-state index contributed by atoms with van der Waals surface area (Å²) >= 11 is 0. The van der Waals surface area contributed by atoms with Gasteiger partial charge in [0.1, 0.15) is 17.8 Å². The zero-order chi connectivity index (χ0) is 22.5. The van der Waals surface area contributed by atoms with Crippen LogP contribution in [-0.4, -0.2) is 28.9 Å². The summed E-state index contributed by atoms with van der Waals surface area (Å²) in [5, 5.41) is 10.2. The number of hydrogen-bond acceptors (Lipinski definition) is 6. The van der Waals surface area contributed by atoms with E-state index in [1.165, 1.54) is 13.0 Å². The topological polar surface area (TPSA) is 89.3 Å². The first-order chi connectivity index (χ1) is 15.2. The van der Waals surface area contributed by atoms with Crippen molar-refractivity contribution in [3.05, 3.63) is 46.2 Å². The van der Waals surface area contributed by atoms with Crippen LogP contribution < -0.4 is 5.63 Å². The lowest BCUT2D eigenvalue weighted by atomic mass is 9.45. The van der Waals surface area contributed by atoms with Crippen LogP contribution in [0.4, 0.5) is 0 Å². The van der Waals surface area contributed by atoms with E-state index in [1.807, 2.05) is 6.07 Å². The second kappa shape index (κ2) is 6.49. The van der Waals surface area contributed by atoms with Crippen LogP contribution in [0.25, 0.3) is 0 Å². The van der Waals surface area contributed by atoms with Crippen LogP contribution >= 0.6 is 0 Å². The number of aliphatic hydroxyl groups is 1. The second-order valence-corrected chi connectivity index (χ2v) is 11.3. The molecule has 1 aliphatic heterocycles. The van der Waals surface area contributed by atoms with Crippen molar-refractivity contribution < 1.29 is 23.8 Å². The Hall–Kier alpha value is -2.08. The largest absolute Gasteiger partial charge is 0.513 e. The molecule has 6 heteroatoms. The molecule has 4 fully saturated rings. The molecule has 3 saturated carbocycles. The molecule has 172 valence electrons. The minimum atomic E-state index is -0.374. The number of epoxide rings is 1. The van der Waals surface area contributed by atoms with Crippen LogP contribution in [-0.2, 0) is 14.3 Å². The molecule has 0 radical (unpaired) electrons. The van der Waals surface area contributed by atoms with E-state index in [2.05, 4.69) is 19.9 Å². The van der Waals surface area contributed by atoms with E-state index in [-0.39, 0.29) is 46.2 Å². The molecular weight excluding hydrogens is 408 g/mol. The standard InChI is InChI=1S/C26H32O6/c1-14(27)31-22-21(15-4-7-20(29)30-13-15)25(3)11-9-18-19(26(25)23(22)32-26)6-5-16-12-17(28)8-10-24(16,18)2/h4,7,12-13,16,18-19,21-23,28H,5-6,8-11H2,1-3H3/t16-,18+,19-,21+,22-,23-,24+,25-,26-/m1/s1. The Morgan fingerprint density at radius 2 is 1.97 bits per heavy atom. The molecule has 0 bridgehead atoms. The molecule has 1 N–H and O–H groups in total. The summed E-state index contributed by atoms with van der Waals surface area (Å²) in [5.74, 6) is 1.53. The van der Waals surface area contributed by atoms with Gasteiger partial charge in [0.25, 0.3) is 0 Å². The van der Waals surface area contributed by atoms with Gasteiger partial charge in [-0.05, 0) is 73.0 Å². The predicted molar refractivity (Wildman–Crippen MR) is 116 cm³/mol. The van der Waals surface area contributed by atoms with Crippen LogP contribution in [0, 0.1) is 28.6 Å². The summed E-state index contributed by atoms with van der Waals surface area (Å²) in [6.07, 6.45) is 9.13. The molecule has 6 rings (SSSR count). The monoisotopic (exact) mass is 440 g/mol. The minimum absolute atomic E-state index is 0.0590. The van der Waals surface area contributed by atoms with Gasteiger partial charge < -0.3 is 19.0 Å². The maximum atomic E-state index is 12.1. The Labute approximate surface area is 188 Å². The van der Waals surface area contributed by atoms with Gasteiger partial charge in [-0.2, -0.15) is 0 Å². The molecule has 4 aliphatic carbocycles. The van der Waals surface area contributed by atoms with E-state index < -0.39 is 0 Å². The van der Waals surface area contributed by atoms with Gasteiger partial charge in [0, 0.05) is 30.7 Å². The van der Waals surface area contributed by atoms with Crippen molar-refractivity contribution >= 4 is 5.97 Å². The molecule has 2 heterocycles. The summed E-state index contributed by atoms with van der Waals surface area (Å²) in [5.41, 5.74) is 0.192. The highest BCUT2D eigenvalue weighted by molar-refractivity contribution is 5.66. The lowest BCUT2D eigenvalue weighted by Gasteiger charge is -2.59. The highest BCUT2D eigenvalue weighted by Crippen LogP contribution is 2.78. The number of carbonyl (C=O) groups is 1. The molecule has 1 aromatic heterocycles. The van der Waals surface area contributed by atoms with E-state index in [9.17, 15) is 14.7 Å². The number of rotatable bonds is 2. The highest BCUT2D eigenvalue weighted by Gasteiger charge is 2.84. The molecule has 5 aliphatic rings. The molecule has 6 nitrogen and oxygen atoms in total. The Kier molecular flexibility index (Phi) is 4.16. The van der Waals surface area contributed by atoms with Crippen molar-refractivity contribution in [1.29, 1.82) is 0 Å². The third-order valence-electron chi connectivity index (χ3n) is 10.1. The average Bonchev–Trinajstić information content (AvgIpc) is 3.44. The Morgan fingerprint density at radius 3 is 2.69 bits per heavy atom. The zero-order valence-corrected chi connectivity index (χ0v) is 19.0. The van der Waals surface area contributed by atoms with Gasteiger partial charge in [0.2, 0.25) is 0 Å². The van der Waals surface area contributed by atoms with Crippen LogP contribution in [0.1, 0.15) is 70.8 Å². The van der Waals surface area contributed by atoms with Crippen LogP contribution in [0.15, 0.2) is 39.4 Å². The van der Waals surface area contributed by atoms with Gasteiger partial charge in [-0.1, -0.05) is 13.8 Å². The molecular formula is C26H32O6. The quantitative estimate of drug-likeness (QED) is 0.538. The minimum Gasteiger partial charge on any atom is -0.513 e. The van der Waals surface area contributed by atoms with E-state index in [4.69, 9.17) is 13.9 Å². The molecule has 0 unspecified atom stereocenters. The number of ether oxygens (including phenoxy) is 2. The SMILES string of the molecule is CC(=O)O[C@H]1[C@H]2O[C@]23[C@@H]2CC[C@@H]4C=C(O)CC[C@]4(C)[C@H]2CC[C@]3(C)[C@H]1c1ccc(=O)oc1. The molecule has 1 saturated heterocycles. The molecule has 32 heavy (non-hydrogen) atoms. The van der Waals surface area contributed by atoms with Crippen LogP contribution in [0.3, 0.4) is 0 Å². The van der Waals surface area contributed by atoms with Gasteiger partial charge in [0.15, 0.2) is 0 Å². The average molecular weight is 441 g/mol. The van der Waals surface area contributed by atoms with Crippen molar-refractivity contribution in [2.24, 2.45) is 28.6 Å². The fourth-order valence-corrected chi connectivity index (χ4v) is 8.71. The number of fused-ring (bicyclic) bond motifs is 3. The Bertz CT molecular complexity index is 1040. The zero-order valence-electron chi connectivity index (χ0n) is 19.0. The third-order valence-corrected chi connectivity index (χ3v) is 10.1. The number of carbonyl (C=O) groups excluding carboxylic acids is 1. The smallest absolute Gasteiger partial charge is 0.335 e. The highest BCUT2D eigenvalue weighted by atomic mass is 16.7. The van der Waals surface area contributed by atoms with E-state index in [0.717, 1.165) is 44.1 Å². The summed E-state index contributed by atoms with van der Waals surface area (Å²) in [7, 11) is 0. The van der Waals surface area contributed by atoms with Crippen molar-refractivity contribution in [3.8, 4) is 0 Å². The first-order valence-corrected chi connectivity index (χ1v) is 12.0. The summed E-state index contributed by atoms with van der Waals surface area (Å²) in [4.78, 5) is 23.7. The fraction of sp³-hybridized carbons (Fsp3) is 0.692. The molecule has 1 aromatic rings. The first kappa shape index (κ1) is 20.5. The second-order valence-electron chi connectivity index (χ2n) is 11.3. The summed E-state index contributed by atoms with van der Waals surface area (Å²) in [6.45, 7) is 6.16. The first-order valence-electron chi connectivity index (χ1n) is 12.0. The maximum Gasteiger partial charge on any atom is 0.335 e. The van der Waals surface area contributed by atoms with Crippen molar-refractivity contribution in [2.45, 2.75) is 83.0 Å². The van der Waals surface area contributed by atoms with E-state index >= 15 is 0 Å². The van der Waals surface area contributed by atoms with Crippen LogP contribution in [0.2, 0.25) is 0 Å². The van der Waals surface area contributed by atoms with Gasteiger partial charge in [-0.25, -0.2) is 4.79 Å². The molecule has 0 amide bonds.